The third-order valence-electron chi connectivity index (χ3n) is 2.63. The minimum Gasteiger partial charge on any atom is -0.299 e. The fourth-order valence-corrected chi connectivity index (χ4v) is 1.69. The smallest absolute Gasteiger partial charge is 0.140 e. The molecule has 1 aromatic carbocycles. The van der Waals surface area contributed by atoms with Gasteiger partial charge in [0.25, 0.3) is 0 Å². The maximum Gasteiger partial charge on any atom is 0.140 e. The van der Waals surface area contributed by atoms with E-state index in [1.807, 2.05) is 6.92 Å². The molecule has 14 heavy (non-hydrogen) atoms. The van der Waals surface area contributed by atoms with Crippen LogP contribution in [0, 0.1) is 6.92 Å². The Labute approximate surface area is 86.1 Å². The minimum atomic E-state index is 0.0978. The molecule has 0 fully saturated rings. The molecule has 0 bridgehead atoms. The van der Waals surface area contributed by atoms with Crippen LogP contribution in [0.5, 0.6) is 0 Å². The number of ketones is 1. The van der Waals surface area contributed by atoms with Gasteiger partial charge in [0.15, 0.2) is 0 Å². The minimum absolute atomic E-state index is 0.0978. The standard InChI is InChI=1S/C13H18O/c1-4-12(13(14)5-2)11-8-6-10(3)7-9-11/h6-9,12H,4-5H2,1-3H3/t12-/m1/s1. The first-order chi connectivity index (χ1) is 6.69. The lowest BCUT2D eigenvalue weighted by Gasteiger charge is -2.13. The lowest BCUT2D eigenvalue weighted by Crippen LogP contribution is -2.10. The number of hydrogen-bond donors (Lipinski definition) is 0. The van der Waals surface area contributed by atoms with E-state index in [1.54, 1.807) is 0 Å². The van der Waals surface area contributed by atoms with Crippen molar-refractivity contribution in [1.29, 1.82) is 0 Å². The van der Waals surface area contributed by atoms with Crippen LogP contribution >= 0.6 is 0 Å². The van der Waals surface area contributed by atoms with Gasteiger partial charge in [0.05, 0.1) is 0 Å². The van der Waals surface area contributed by atoms with Crippen LogP contribution in [0.4, 0.5) is 0 Å². The highest BCUT2D eigenvalue weighted by atomic mass is 16.1. The van der Waals surface area contributed by atoms with E-state index in [0.717, 1.165) is 12.0 Å². The van der Waals surface area contributed by atoms with E-state index < -0.39 is 0 Å². The maximum absolute atomic E-state index is 11.6. The van der Waals surface area contributed by atoms with Crippen LogP contribution < -0.4 is 0 Å². The largest absolute Gasteiger partial charge is 0.299 e. The van der Waals surface area contributed by atoms with Gasteiger partial charge >= 0.3 is 0 Å². The Morgan fingerprint density at radius 2 is 1.79 bits per heavy atom. The van der Waals surface area contributed by atoms with E-state index in [4.69, 9.17) is 0 Å². The quantitative estimate of drug-likeness (QED) is 0.710. The lowest BCUT2D eigenvalue weighted by molar-refractivity contribution is -0.120. The van der Waals surface area contributed by atoms with Gasteiger partial charge in [0.1, 0.15) is 5.78 Å². The van der Waals surface area contributed by atoms with Crippen LogP contribution in [-0.2, 0) is 4.79 Å². The van der Waals surface area contributed by atoms with E-state index in [2.05, 4.69) is 38.1 Å². The van der Waals surface area contributed by atoms with E-state index in [9.17, 15) is 4.79 Å². The third kappa shape index (κ3) is 2.44. The first-order valence-electron chi connectivity index (χ1n) is 5.28. The summed E-state index contributed by atoms with van der Waals surface area (Å²) in [6.07, 6.45) is 1.53. The van der Waals surface area contributed by atoms with Gasteiger partial charge in [-0.25, -0.2) is 0 Å². The number of carbonyl (C=O) groups excluding carboxylic acids is 1. The topological polar surface area (TPSA) is 17.1 Å². The van der Waals surface area contributed by atoms with E-state index >= 15 is 0 Å². The van der Waals surface area contributed by atoms with E-state index in [0.29, 0.717) is 12.2 Å². The summed E-state index contributed by atoms with van der Waals surface area (Å²) >= 11 is 0. The molecule has 0 aromatic heterocycles. The monoisotopic (exact) mass is 190 g/mol. The van der Waals surface area contributed by atoms with Gasteiger partial charge in [-0.1, -0.05) is 43.7 Å². The Bertz CT molecular complexity index is 298. The number of benzene rings is 1. The molecule has 0 N–H and O–H groups in total. The van der Waals surface area contributed by atoms with Gasteiger partial charge in [0.2, 0.25) is 0 Å². The van der Waals surface area contributed by atoms with Crippen LogP contribution in [0.15, 0.2) is 24.3 Å². The average Bonchev–Trinajstić information content (AvgIpc) is 2.21. The molecule has 0 saturated heterocycles. The molecule has 0 aliphatic carbocycles. The van der Waals surface area contributed by atoms with Crippen LogP contribution in [0.3, 0.4) is 0 Å². The molecule has 1 rings (SSSR count). The predicted octanol–water partition coefficient (Wildman–Crippen LogP) is 3.47. The second kappa shape index (κ2) is 4.94. The van der Waals surface area contributed by atoms with E-state index in [-0.39, 0.29) is 5.92 Å². The molecular weight excluding hydrogens is 172 g/mol. The molecule has 0 unspecified atom stereocenters. The van der Waals surface area contributed by atoms with Crippen molar-refractivity contribution in [3.63, 3.8) is 0 Å². The number of Topliss-reactive ketones (excluding diaryl/α,β-unsaturated/α-hetero) is 1. The van der Waals surface area contributed by atoms with Crippen molar-refractivity contribution >= 4 is 5.78 Å². The zero-order valence-corrected chi connectivity index (χ0v) is 9.21. The molecule has 0 saturated carbocycles. The van der Waals surface area contributed by atoms with Gasteiger partial charge < -0.3 is 0 Å². The summed E-state index contributed by atoms with van der Waals surface area (Å²) in [5, 5.41) is 0. The first kappa shape index (κ1) is 11.0. The Morgan fingerprint density at radius 1 is 1.21 bits per heavy atom. The summed E-state index contributed by atoms with van der Waals surface area (Å²) < 4.78 is 0. The second-order valence-electron chi connectivity index (χ2n) is 3.69. The molecule has 0 aliphatic heterocycles. The summed E-state index contributed by atoms with van der Waals surface area (Å²) in [5.41, 5.74) is 2.40. The van der Waals surface area contributed by atoms with Gasteiger partial charge in [-0.3, -0.25) is 4.79 Å². The summed E-state index contributed by atoms with van der Waals surface area (Å²) in [7, 11) is 0. The van der Waals surface area contributed by atoms with E-state index in [1.165, 1.54) is 5.56 Å². The van der Waals surface area contributed by atoms with Crippen LogP contribution in [0.25, 0.3) is 0 Å². The molecule has 1 aromatic rings. The fraction of sp³-hybridized carbons (Fsp3) is 0.462. The highest BCUT2D eigenvalue weighted by Gasteiger charge is 2.15. The normalized spacial score (nSPS) is 12.5. The number of aryl methyl sites for hydroxylation is 1. The van der Waals surface area contributed by atoms with Crippen LogP contribution in [-0.4, -0.2) is 5.78 Å². The Hall–Kier alpha value is -1.11. The SMILES string of the molecule is CCC(=O)[C@H](CC)c1ccc(C)cc1. The fourth-order valence-electron chi connectivity index (χ4n) is 1.69. The van der Waals surface area contributed by atoms with Crippen molar-refractivity contribution in [1.82, 2.24) is 0 Å². The summed E-state index contributed by atoms with van der Waals surface area (Å²) in [6, 6.07) is 8.27. The highest BCUT2D eigenvalue weighted by molar-refractivity contribution is 5.85. The zero-order valence-electron chi connectivity index (χ0n) is 9.21. The molecule has 1 heteroatoms. The average molecular weight is 190 g/mol. The number of hydrogen-bond acceptors (Lipinski definition) is 1. The Kier molecular flexibility index (Phi) is 3.87. The van der Waals surface area contributed by atoms with Gasteiger partial charge in [-0.15, -0.1) is 0 Å². The molecule has 0 amide bonds. The summed E-state index contributed by atoms with van der Waals surface area (Å²) in [5.74, 6) is 0.442. The number of carbonyl (C=O) groups is 1. The molecular formula is C13H18O. The predicted molar refractivity (Wildman–Crippen MR) is 59.5 cm³/mol. The third-order valence-corrected chi connectivity index (χ3v) is 2.63. The Morgan fingerprint density at radius 3 is 2.21 bits per heavy atom. The Balaban J connectivity index is 2.89. The highest BCUT2D eigenvalue weighted by Crippen LogP contribution is 2.21. The molecule has 1 atom stereocenters. The second-order valence-corrected chi connectivity index (χ2v) is 3.69. The van der Waals surface area contributed by atoms with Crippen LogP contribution in [0.1, 0.15) is 43.7 Å². The van der Waals surface area contributed by atoms with Crippen molar-refractivity contribution in [2.45, 2.75) is 39.5 Å². The summed E-state index contributed by atoms with van der Waals surface area (Å²) in [6.45, 7) is 6.06. The van der Waals surface area contributed by atoms with Crippen molar-refractivity contribution in [2.24, 2.45) is 0 Å². The lowest BCUT2D eigenvalue weighted by atomic mass is 9.90. The summed E-state index contributed by atoms with van der Waals surface area (Å²) in [4.78, 5) is 11.6. The molecule has 0 radical (unpaired) electrons. The first-order valence-corrected chi connectivity index (χ1v) is 5.28. The van der Waals surface area contributed by atoms with Gasteiger partial charge in [-0.05, 0) is 18.9 Å². The molecule has 0 heterocycles. The van der Waals surface area contributed by atoms with Crippen molar-refractivity contribution in [3.05, 3.63) is 35.4 Å². The van der Waals surface area contributed by atoms with Crippen molar-refractivity contribution < 1.29 is 4.79 Å². The number of rotatable bonds is 4. The molecule has 0 aliphatic rings. The van der Waals surface area contributed by atoms with Crippen LogP contribution in [0.2, 0.25) is 0 Å². The van der Waals surface area contributed by atoms with Gasteiger partial charge in [-0.2, -0.15) is 0 Å². The maximum atomic E-state index is 11.6. The zero-order chi connectivity index (χ0) is 10.6. The van der Waals surface area contributed by atoms with Gasteiger partial charge in [0, 0.05) is 12.3 Å². The van der Waals surface area contributed by atoms with Crippen molar-refractivity contribution in [2.75, 3.05) is 0 Å². The molecule has 76 valence electrons. The van der Waals surface area contributed by atoms with Crippen molar-refractivity contribution in [3.8, 4) is 0 Å². The molecule has 1 nitrogen and oxygen atoms in total. The molecule has 0 spiro atoms.